The molecule has 6 nitrogen and oxygen atoms in total. The van der Waals surface area contributed by atoms with E-state index in [9.17, 15) is 14.7 Å². The third-order valence-corrected chi connectivity index (χ3v) is 6.41. The normalized spacial score (nSPS) is 23.2. The highest BCUT2D eigenvalue weighted by atomic mass is 16.6. The summed E-state index contributed by atoms with van der Waals surface area (Å²) in [4.78, 5) is 27.8. The predicted molar refractivity (Wildman–Crippen MR) is 119 cm³/mol. The minimum Gasteiger partial charge on any atom is -0.481 e. The van der Waals surface area contributed by atoms with E-state index in [2.05, 4.69) is 5.32 Å². The summed E-state index contributed by atoms with van der Waals surface area (Å²) in [5.74, 6) is -2.13. The molecule has 5 rings (SSSR count). The Morgan fingerprint density at radius 2 is 1.44 bits per heavy atom. The van der Waals surface area contributed by atoms with Gasteiger partial charge >= 0.3 is 11.9 Å². The molecule has 3 aromatic rings. The topological polar surface area (TPSA) is 78.9 Å². The van der Waals surface area contributed by atoms with Gasteiger partial charge < -0.3 is 15.2 Å². The molecule has 0 aromatic heterocycles. The molecule has 0 bridgehead atoms. The highest BCUT2D eigenvalue weighted by Gasteiger charge is 2.61. The number of aliphatic carboxylic acids is 1. The van der Waals surface area contributed by atoms with Gasteiger partial charge in [-0.2, -0.15) is 0 Å². The standard InChI is InChI=1S/C26H24N2O4/c29-24(30)23(18-10-4-1-5-11-18)21-16-27-17-22-25(31)32-26(28(21)22,19-12-6-2-7-13-19)20-14-8-3-9-15-20/h1-15,21-23,27H,16-17H2,(H,29,30). The van der Waals surface area contributed by atoms with Crippen LogP contribution in [0, 0.1) is 0 Å². The predicted octanol–water partition coefficient (Wildman–Crippen LogP) is 2.96. The molecule has 3 unspecified atom stereocenters. The maximum Gasteiger partial charge on any atom is 0.327 e. The summed E-state index contributed by atoms with van der Waals surface area (Å²) in [7, 11) is 0. The van der Waals surface area contributed by atoms with Gasteiger partial charge in [-0.05, 0) is 5.56 Å². The van der Waals surface area contributed by atoms with Gasteiger partial charge in [-0.25, -0.2) is 4.90 Å². The van der Waals surface area contributed by atoms with Crippen LogP contribution in [0.5, 0.6) is 0 Å². The van der Waals surface area contributed by atoms with E-state index in [1.807, 2.05) is 95.9 Å². The van der Waals surface area contributed by atoms with Crippen molar-refractivity contribution in [3.63, 3.8) is 0 Å². The summed E-state index contributed by atoms with van der Waals surface area (Å²) in [6, 6.07) is 27.3. The van der Waals surface area contributed by atoms with Crippen molar-refractivity contribution in [2.24, 2.45) is 0 Å². The van der Waals surface area contributed by atoms with Crippen LogP contribution in [0.25, 0.3) is 0 Å². The number of nitrogens with zero attached hydrogens (tertiary/aromatic N) is 1. The van der Waals surface area contributed by atoms with Crippen LogP contribution in [0.15, 0.2) is 91.0 Å². The van der Waals surface area contributed by atoms with Crippen molar-refractivity contribution in [3.05, 3.63) is 108 Å². The fourth-order valence-corrected chi connectivity index (χ4v) is 5.09. The van der Waals surface area contributed by atoms with Gasteiger partial charge in [-0.3, -0.25) is 9.59 Å². The second-order valence-corrected chi connectivity index (χ2v) is 8.17. The number of carboxylic acid groups (broad SMARTS) is 1. The maximum atomic E-state index is 13.2. The number of cyclic esters (lactones) is 1. The van der Waals surface area contributed by atoms with E-state index in [4.69, 9.17) is 4.74 Å². The summed E-state index contributed by atoms with van der Waals surface area (Å²) in [5.41, 5.74) is 1.08. The average Bonchev–Trinajstić information content (AvgIpc) is 3.15. The number of carboxylic acids is 1. The van der Waals surface area contributed by atoms with Gasteiger partial charge in [-0.15, -0.1) is 0 Å². The van der Waals surface area contributed by atoms with E-state index in [1.54, 1.807) is 0 Å². The molecule has 0 saturated carbocycles. The molecule has 6 heteroatoms. The van der Waals surface area contributed by atoms with Crippen LogP contribution in [0.1, 0.15) is 22.6 Å². The van der Waals surface area contributed by atoms with Crippen LogP contribution < -0.4 is 5.32 Å². The van der Waals surface area contributed by atoms with Crippen molar-refractivity contribution >= 4 is 11.9 Å². The molecule has 0 aliphatic carbocycles. The SMILES string of the molecule is O=C(O)C(c1ccccc1)C1CNCC2C(=O)OC(c3ccccc3)(c3ccccc3)N21. The van der Waals surface area contributed by atoms with Crippen LogP contribution in [0.2, 0.25) is 0 Å². The minimum atomic E-state index is -1.21. The van der Waals surface area contributed by atoms with Crippen molar-refractivity contribution in [2.45, 2.75) is 23.7 Å². The molecule has 3 atom stereocenters. The number of carbonyl (C=O) groups is 2. The van der Waals surface area contributed by atoms with Crippen molar-refractivity contribution in [2.75, 3.05) is 13.1 Å². The Labute approximate surface area is 186 Å². The first-order chi connectivity index (χ1) is 15.6. The summed E-state index contributed by atoms with van der Waals surface area (Å²) in [6.45, 7) is 0.818. The molecule has 2 heterocycles. The fraction of sp³-hybridized carbons (Fsp3) is 0.231. The third-order valence-electron chi connectivity index (χ3n) is 6.41. The van der Waals surface area contributed by atoms with Crippen LogP contribution in [0.3, 0.4) is 0 Å². The van der Waals surface area contributed by atoms with E-state index in [0.717, 1.165) is 11.1 Å². The highest BCUT2D eigenvalue weighted by molar-refractivity contribution is 5.82. The monoisotopic (exact) mass is 428 g/mol. The molecule has 2 N–H and O–H groups in total. The number of fused-ring (bicyclic) bond motifs is 1. The maximum absolute atomic E-state index is 13.2. The second-order valence-electron chi connectivity index (χ2n) is 8.17. The zero-order valence-corrected chi connectivity index (χ0v) is 17.4. The molecule has 2 fully saturated rings. The largest absolute Gasteiger partial charge is 0.481 e. The number of rotatable bonds is 5. The van der Waals surface area contributed by atoms with E-state index in [1.165, 1.54) is 0 Å². The van der Waals surface area contributed by atoms with E-state index in [-0.39, 0.29) is 5.97 Å². The number of ether oxygens (including phenoxy) is 1. The highest BCUT2D eigenvalue weighted by Crippen LogP contribution is 2.47. The van der Waals surface area contributed by atoms with Crippen molar-refractivity contribution in [1.29, 1.82) is 0 Å². The lowest BCUT2D eigenvalue weighted by atomic mass is 9.83. The molecular formula is C26H24N2O4. The molecule has 3 aromatic carbocycles. The second kappa shape index (κ2) is 8.22. The molecule has 2 saturated heterocycles. The van der Waals surface area contributed by atoms with Gasteiger partial charge in [0.15, 0.2) is 0 Å². The molecule has 2 aliphatic rings. The van der Waals surface area contributed by atoms with Crippen LogP contribution in [-0.2, 0) is 20.1 Å². The minimum absolute atomic E-state index is 0.355. The Morgan fingerprint density at radius 1 is 0.906 bits per heavy atom. The van der Waals surface area contributed by atoms with Gasteiger partial charge in [0.25, 0.3) is 0 Å². The Kier molecular flexibility index (Phi) is 5.25. The quantitative estimate of drug-likeness (QED) is 0.609. The molecule has 2 aliphatic heterocycles. The van der Waals surface area contributed by atoms with Gasteiger partial charge in [0.2, 0.25) is 5.72 Å². The zero-order chi connectivity index (χ0) is 22.1. The number of hydrogen-bond donors (Lipinski definition) is 2. The lowest BCUT2D eigenvalue weighted by Gasteiger charge is -2.47. The van der Waals surface area contributed by atoms with Gasteiger partial charge in [-0.1, -0.05) is 91.0 Å². The number of esters is 1. The molecule has 162 valence electrons. The van der Waals surface area contributed by atoms with E-state index >= 15 is 0 Å². The number of nitrogens with one attached hydrogen (secondary N) is 1. The van der Waals surface area contributed by atoms with Gasteiger partial charge in [0.1, 0.15) is 6.04 Å². The van der Waals surface area contributed by atoms with Gasteiger partial charge in [0.05, 0.1) is 5.92 Å². The van der Waals surface area contributed by atoms with E-state index in [0.29, 0.717) is 18.7 Å². The Bertz CT molecular complexity index is 1060. The van der Waals surface area contributed by atoms with Crippen molar-refractivity contribution < 1.29 is 19.4 Å². The Morgan fingerprint density at radius 3 is 1.97 bits per heavy atom. The first kappa shape index (κ1) is 20.4. The lowest BCUT2D eigenvalue weighted by molar-refractivity contribution is -0.152. The molecule has 0 amide bonds. The lowest BCUT2D eigenvalue weighted by Crippen LogP contribution is -2.64. The summed E-state index contributed by atoms with van der Waals surface area (Å²) >= 11 is 0. The summed E-state index contributed by atoms with van der Waals surface area (Å²) in [5, 5.41) is 13.6. The smallest absolute Gasteiger partial charge is 0.327 e. The van der Waals surface area contributed by atoms with Crippen molar-refractivity contribution in [1.82, 2.24) is 10.2 Å². The first-order valence-corrected chi connectivity index (χ1v) is 10.7. The molecule has 32 heavy (non-hydrogen) atoms. The first-order valence-electron chi connectivity index (χ1n) is 10.7. The molecule has 0 radical (unpaired) electrons. The Balaban J connectivity index is 1.73. The average molecular weight is 428 g/mol. The molecule has 0 spiro atoms. The van der Waals surface area contributed by atoms with E-state index < -0.39 is 29.7 Å². The molecular weight excluding hydrogens is 404 g/mol. The van der Waals surface area contributed by atoms with Crippen LogP contribution in [0.4, 0.5) is 0 Å². The zero-order valence-electron chi connectivity index (χ0n) is 17.4. The Hall–Kier alpha value is -3.48. The number of carbonyl (C=O) groups excluding carboxylic acids is 1. The number of hydrogen-bond acceptors (Lipinski definition) is 5. The number of benzene rings is 3. The number of piperazine rings is 1. The summed E-state index contributed by atoms with van der Waals surface area (Å²) < 4.78 is 6.22. The third kappa shape index (κ3) is 3.20. The van der Waals surface area contributed by atoms with Crippen molar-refractivity contribution in [3.8, 4) is 0 Å². The van der Waals surface area contributed by atoms with Gasteiger partial charge in [0, 0.05) is 30.3 Å². The van der Waals surface area contributed by atoms with Crippen LogP contribution >= 0.6 is 0 Å². The summed E-state index contributed by atoms with van der Waals surface area (Å²) in [6.07, 6.45) is 0. The fourth-order valence-electron chi connectivity index (χ4n) is 5.09. The van der Waals surface area contributed by atoms with Crippen LogP contribution in [-0.4, -0.2) is 47.1 Å².